The Bertz CT molecular complexity index is 1710. The van der Waals surface area contributed by atoms with Crippen molar-refractivity contribution in [2.24, 2.45) is 0 Å². The van der Waals surface area contributed by atoms with Crippen molar-refractivity contribution >= 4 is 38.9 Å². The van der Waals surface area contributed by atoms with E-state index in [1.807, 2.05) is 6.92 Å². The highest BCUT2D eigenvalue weighted by molar-refractivity contribution is 7.89. The van der Waals surface area contributed by atoms with E-state index in [9.17, 15) is 18.0 Å². The van der Waals surface area contributed by atoms with E-state index < -0.39 is 15.8 Å². The van der Waals surface area contributed by atoms with Crippen LogP contribution in [-0.4, -0.2) is 30.8 Å². The number of carbonyl (C=O) groups excluding carboxylic acids is 2. The first kappa shape index (κ1) is 26.4. The van der Waals surface area contributed by atoms with Crippen molar-refractivity contribution in [3.05, 3.63) is 154 Å². The van der Waals surface area contributed by atoms with Gasteiger partial charge < -0.3 is 0 Å². The molecule has 1 aliphatic rings. The molecule has 5 nitrogen and oxygen atoms in total. The second kappa shape index (κ2) is 10.8. The van der Waals surface area contributed by atoms with Gasteiger partial charge in [0, 0.05) is 27.3 Å². The maximum atomic E-state index is 14.2. The summed E-state index contributed by atoms with van der Waals surface area (Å²) in [5.41, 5.74) is 2.64. The van der Waals surface area contributed by atoms with E-state index >= 15 is 0 Å². The molecule has 0 bridgehead atoms. The van der Waals surface area contributed by atoms with Crippen LogP contribution in [0.1, 0.15) is 31.8 Å². The highest BCUT2D eigenvalue weighted by Crippen LogP contribution is 2.37. The lowest BCUT2D eigenvalue weighted by molar-refractivity contribution is 0.102. The zero-order chi connectivity index (χ0) is 27.6. The molecule has 194 valence electrons. The predicted molar refractivity (Wildman–Crippen MR) is 153 cm³/mol. The fraction of sp³-hybridized carbons (Fsp3) is 0.0625. The van der Waals surface area contributed by atoms with Crippen molar-refractivity contribution < 1.29 is 18.0 Å². The Hall–Kier alpha value is -4.26. The van der Waals surface area contributed by atoms with Gasteiger partial charge in [0.2, 0.25) is 0 Å². The molecule has 0 amide bonds. The van der Waals surface area contributed by atoms with Crippen LogP contribution in [0.2, 0.25) is 5.02 Å². The van der Waals surface area contributed by atoms with Crippen molar-refractivity contribution in [2.75, 3.05) is 6.54 Å². The highest BCUT2D eigenvalue weighted by Gasteiger charge is 2.36. The van der Waals surface area contributed by atoms with Gasteiger partial charge in [0.1, 0.15) is 0 Å². The molecule has 0 spiro atoms. The molecule has 4 aromatic rings. The number of rotatable bonds is 7. The van der Waals surface area contributed by atoms with Crippen LogP contribution in [0.4, 0.5) is 0 Å². The van der Waals surface area contributed by atoms with Crippen LogP contribution in [0.15, 0.2) is 131 Å². The third kappa shape index (κ3) is 5.35. The molecule has 1 aliphatic heterocycles. The van der Waals surface area contributed by atoms with Crippen LogP contribution < -0.4 is 0 Å². The molecule has 0 saturated carbocycles. The summed E-state index contributed by atoms with van der Waals surface area (Å²) in [6, 6.07) is 30.3. The highest BCUT2D eigenvalue weighted by atomic mass is 35.5. The molecule has 39 heavy (non-hydrogen) atoms. The SMILES string of the molecule is Cc1ccc(S(=O)(=O)N2CC(C(=O)c3ccccc3)=CC(C(=O)c3ccccc3)=C2c2ccc(Cl)cc2)cc1. The minimum atomic E-state index is -4.19. The second-order valence-corrected chi connectivity index (χ2v) is 11.5. The molecule has 0 saturated heterocycles. The van der Waals surface area contributed by atoms with Gasteiger partial charge in [-0.15, -0.1) is 0 Å². The van der Waals surface area contributed by atoms with E-state index in [0.717, 1.165) is 9.87 Å². The van der Waals surface area contributed by atoms with Gasteiger partial charge in [-0.1, -0.05) is 102 Å². The number of benzene rings is 4. The van der Waals surface area contributed by atoms with E-state index in [0.29, 0.717) is 21.7 Å². The monoisotopic (exact) mass is 553 g/mol. The van der Waals surface area contributed by atoms with Crippen molar-refractivity contribution in [3.8, 4) is 0 Å². The zero-order valence-corrected chi connectivity index (χ0v) is 22.6. The first-order chi connectivity index (χ1) is 18.8. The molecule has 0 atom stereocenters. The van der Waals surface area contributed by atoms with Gasteiger partial charge in [0.15, 0.2) is 11.6 Å². The maximum Gasteiger partial charge on any atom is 0.264 e. The third-order valence-corrected chi connectivity index (χ3v) is 8.48. The summed E-state index contributed by atoms with van der Waals surface area (Å²) in [5, 5.41) is 0.467. The summed E-state index contributed by atoms with van der Waals surface area (Å²) in [6.07, 6.45) is 1.52. The molecule has 1 heterocycles. The number of nitrogens with zero attached hydrogens (tertiary/aromatic N) is 1. The van der Waals surface area contributed by atoms with Crippen molar-refractivity contribution in [2.45, 2.75) is 11.8 Å². The Morgan fingerprint density at radius 1 is 0.718 bits per heavy atom. The normalized spacial score (nSPS) is 13.7. The first-order valence-corrected chi connectivity index (χ1v) is 14.1. The number of allylic oxidation sites excluding steroid dienone is 2. The van der Waals surface area contributed by atoms with Crippen LogP contribution in [0.3, 0.4) is 0 Å². The van der Waals surface area contributed by atoms with E-state index in [2.05, 4.69) is 0 Å². The maximum absolute atomic E-state index is 14.2. The van der Waals surface area contributed by atoms with Crippen LogP contribution in [0.25, 0.3) is 5.70 Å². The molecular formula is C32H24ClNO4S. The number of hydrogen-bond donors (Lipinski definition) is 0. The summed E-state index contributed by atoms with van der Waals surface area (Å²) >= 11 is 6.14. The zero-order valence-electron chi connectivity index (χ0n) is 21.0. The average molecular weight is 554 g/mol. The molecule has 4 aromatic carbocycles. The lowest BCUT2D eigenvalue weighted by Crippen LogP contribution is -2.37. The smallest absolute Gasteiger partial charge is 0.264 e. The molecule has 0 aromatic heterocycles. The van der Waals surface area contributed by atoms with E-state index in [4.69, 9.17) is 11.6 Å². The molecule has 5 rings (SSSR count). The van der Waals surface area contributed by atoms with Gasteiger partial charge in [-0.25, -0.2) is 8.42 Å². The van der Waals surface area contributed by atoms with Gasteiger partial charge in [-0.05, 0) is 42.8 Å². The first-order valence-electron chi connectivity index (χ1n) is 12.3. The molecule has 7 heteroatoms. The Kier molecular flexibility index (Phi) is 7.33. The van der Waals surface area contributed by atoms with Gasteiger partial charge in [-0.2, -0.15) is 0 Å². The minimum Gasteiger partial charge on any atom is -0.289 e. The van der Waals surface area contributed by atoms with Gasteiger partial charge >= 0.3 is 0 Å². The largest absolute Gasteiger partial charge is 0.289 e. The van der Waals surface area contributed by atoms with Gasteiger partial charge in [-0.3, -0.25) is 13.9 Å². The molecule has 0 N–H and O–H groups in total. The van der Waals surface area contributed by atoms with Crippen LogP contribution in [-0.2, 0) is 10.0 Å². The Morgan fingerprint density at radius 2 is 1.26 bits per heavy atom. The number of carbonyl (C=O) groups is 2. The van der Waals surface area contributed by atoms with Crippen molar-refractivity contribution in [1.29, 1.82) is 0 Å². The standard InChI is InChI=1S/C32H24ClNO4S/c1-22-12-18-28(19-13-22)39(37,38)34-21-26(31(35)24-8-4-2-5-9-24)20-29(32(36)25-10-6-3-7-11-25)30(34)23-14-16-27(33)17-15-23/h2-20H,21H2,1H3. The van der Waals surface area contributed by atoms with Gasteiger partial charge in [0.05, 0.1) is 17.1 Å². The number of Topliss-reactive ketones (excluding diaryl/α,β-unsaturated/α-hetero) is 2. The second-order valence-electron chi connectivity index (χ2n) is 9.15. The molecular weight excluding hydrogens is 530 g/mol. The van der Waals surface area contributed by atoms with Gasteiger partial charge in [0.25, 0.3) is 10.0 Å². The van der Waals surface area contributed by atoms with Crippen LogP contribution in [0, 0.1) is 6.92 Å². The minimum absolute atomic E-state index is 0.0551. The Balaban J connectivity index is 1.78. The predicted octanol–water partition coefficient (Wildman–Crippen LogP) is 6.76. The molecule has 0 unspecified atom stereocenters. The quantitative estimate of drug-likeness (QED) is 0.237. The number of aryl methyl sites for hydroxylation is 1. The lowest BCUT2D eigenvalue weighted by atomic mass is 9.91. The van der Waals surface area contributed by atoms with Crippen LogP contribution >= 0.6 is 11.6 Å². The Labute approximate surface area is 232 Å². The number of halogens is 1. The summed E-state index contributed by atoms with van der Waals surface area (Å²) in [6.45, 7) is 1.62. The number of sulfonamides is 1. The molecule has 0 fully saturated rings. The van der Waals surface area contributed by atoms with E-state index in [1.54, 1.807) is 97.1 Å². The average Bonchev–Trinajstić information content (AvgIpc) is 2.97. The Morgan fingerprint density at radius 3 is 1.82 bits per heavy atom. The summed E-state index contributed by atoms with van der Waals surface area (Å²) in [5.74, 6) is -0.754. The van der Waals surface area contributed by atoms with E-state index in [-0.39, 0.29) is 34.1 Å². The topological polar surface area (TPSA) is 71.5 Å². The molecule has 0 aliphatic carbocycles. The summed E-state index contributed by atoms with van der Waals surface area (Å²) < 4.78 is 29.5. The number of ketones is 2. The van der Waals surface area contributed by atoms with E-state index in [1.165, 1.54) is 18.2 Å². The van der Waals surface area contributed by atoms with Crippen molar-refractivity contribution in [3.63, 3.8) is 0 Å². The number of hydrogen-bond acceptors (Lipinski definition) is 4. The van der Waals surface area contributed by atoms with Crippen LogP contribution in [0.5, 0.6) is 0 Å². The summed E-state index contributed by atoms with van der Waals surface area (Å²) in [7, 11) is -4.19. The fourth-order valence-electron chi connectivity index (χ4n) is 4.44. The van der Waals surface area contributed by atoms with Crippen molar-refractivity contribution in [1.82, 2.24) is 4.31 Å². The fourth-order valence-corrected chi connectivity index (χ4v) is 6.05. The third-order valence-electron chi connectivity index (χ3n) is 6.47. The summed E-state index contributed by atoms with van der Waals surface area (Å²) in [4.78, 5) is 27.6. The molecule has 0 radical (unpaired) electrons. The lowest BCUT2D eigenvalue weighted by Gasteiger charge is -2.33.